The lowest BCUT2D eigenvalue weighted by atomic mass is 10.2. The average Bonchev–Trinajstić information content (AvgIpc) is 3.23. The van der Waals surface area contributed by atoms with Crippen LogP contribution in [-0.4, -0.2) is 29.6 Å². The van der Waals surface area contributed by atoms with Gasteiger partial charge in [0, 0.05) is 12.2 Å². The van der Waals surface area contributed by atoms with Gasteiger partial charge in [-0.1, -0.05) is 18.2 Å². The van der Waals surface area contributed by atoms with E-state index in [2.05, 4.69) is 28.5 Å². The largest absolute Gasteiger partial charge is 0.468 e. The lowest BCUT2D eigenvalue weighted by Gasteiger charge is -2.26. The van der Waals surface area contributed by atoms with Crippen molar-refractivity contribution >= 4 is 23.0 Å². The number of thiocarbonyl (C=S) groups is 1. The van der Waals surface area contributed by atoms with Crippen LogP contribution in [0, 0.1) is 6.92 Å². The molecule has 0 saturated carbocycles. The molecule has 0 spiro atoms. The monoisotopic (exact) mass is 329 g/mol. The predicted octanol–water partition coefficient (Wildman–Crippen LogP) is 3.71. The van der Waals surface area contributed by atoms with Crippen molar-refractivity contribution in [2.75, 3.05) is 25.0 Å². The molecular formula is C18H23N3OS. The highest BCUT2D eigenvalue weighted by molar-refractivity contribution is 7.80. The summed E-state index contributed by atoms with van der Waals surface area (Å²) in [6, 6.07) is 12.4. The van der Waals surface area contributed by atoms with E-state index in [0.717, 1.165) is 31.1 Å². The van der Waals surface area contributed by atoms with E-state index in [4.69, 9.17) is 16.6 Å². The fraction of sp³-hybridized carbons (Fsp3) is 0.389. The van der Waals surface area contributed by atoms with Gasteiger partial charge in [0.25, 0.3) is 0 Å². The number of aryl methyl sites for hydroxylation is 1. The highest BCUT2D eigenvalue weighted by Crippen LogP contribution is 2.25. The second-order valence-corrected chi connectivity index (χ2v) is 6.33. The second-order valence-electron chi connectivity index (χ2n) is 5.92. The summed E-state index contributed by atoms with van der Waals surface area (Å²) < 4.78 is 5.63. The molecule has 0 unspecified atom stereocenters. The van der Waals surface area contributed by atoms with E-state index < -0.39 is 0 Å². The van der Waals surface area contributed by atoms with E-state index in [-0.39, 0.29) is 6.04 Å². The molecule has 23 heavy (non-hydrogen) atoms. The Morgan fingerprint density at radius 3 is 2.70 bits per heavy atom. The van der Waals surface area contributed by atoms with Crippen LogP contribution in [0.25, 0.3) is 0 Å². The SMILES string of the molecule is Cc1ccccc1NC(=S)NC[C@H](c1ccco1)N1CCCC1. The van der Waals surface area contributed by atoms with Crippen LogP contribution in [0.1, 0.15) is 30.2 Å². The van der Waals surface area contributed by atoms with Crippen molar-refractivity contribution in [3.8, 4) is 0 Å². The van der Waals surface area contributed by atoms with E-state index in [9.17, 15) is 0 Å². The van der Waals surface area contributed by atoms with E-state index in [1.807, 2.05) is 30.3 Å². The van der Waals surface area contributed by atoms with Crippen molar-refractivity contribution in [1.82, 2.24) is 10.2 Å². The summed E-state index contributed by atoms with van der Waals surface area (Å²) >= 11 is 5.45. The quantitative estimate of drug-likeness (QED) is 0.818. The molecule has 1 aromatic carbocycles. The second kappa shape index (κ2) is 7.62. The third-order valence-electron chi connectivity index (χ3n) is 4.30. The molecule has 1 saturated heterocycles. The zero-order chi connectivity index (χ0) is 16.1. The van der Waals surface area contributed by atoms with E-state index >= 15 is 0 Å². The smallest absolute Gasteiger partial charge is 0.170 e. The number of hydrogen-bond acceptors (Lipinski definition) is 3. The highest BCUT2D eigenvalue weighted by Gasteiger charge is 2.25. The molecule has 0 amide bonds. The number of likely N-dealkylation sites (tertiary alicyclic amines) is 1. The summed E-state index contributed by atoms with van der Waals surface area (Å²) in [4.78, 5) is 2.46. The van der Waals surface area contributed by atoms with Crippen molar-refractivity contribution in [1.29, 1.82) is 0 Å². The number of hydrogen-bond donors (Lipinski definition) is 2. The van der Waals surface area contributed by atoms with Gasteiger partial charge in [-0.15, -0.1) is 0 Å². The van der Waals surface area contributed by atoms with Crippen LogP contribution in [0.15, 0.2) is 47.1 Å². The average molecular weight is 329 g/mol. The molecule has 1 aliphatic heterocycles. The van der Waals surface area contributed by atoms with Crippen LogP contribution in [0.2, 0.25) is 0 Å². The lowest BCUT2D eigenvalue weighted by Crippen LogP contribution is -2.38. The molecule has 2 aromatic rings. The predicted molar refractivity (Wildman–Crippen MR) is 97.7 cm³/mol. The first kappa shape index (κ1) is 16.0. The first-order valence-corrected chi connectivity index (χ1v) is 8.53. The maximum absolute atomic E-state index is 5.63. The maximum atomic E-state index is 5.63. The molecule has 1 aliphatic rings. The van der Waals surface area contributed by atoms with Crippen molar-refractivity contribution < 1.29 is 4.42 Å². The third-order valence-corrected chi connectivity index (χ3v) is 4.55. The van der Waals surface area contributed by atoms with Gasteiger partial charge in [-0.05, 0) is 68.8 Å². The topological polar surface area (TPSA) is 40.4 Å². The molecule has 1 aromatic heterocycles. The molecule has 5 heteroatoms. The minimum Gasteiger partial charge on any atom is -0.468 e. The Labute approximate surface area is 142 Å². The van der Waals surface area contributed by atoms with E-state index in [1.165, 1.54) is 18.4 Å². The number of furan rings is 1. The molecule has 2 heterocycles. The van der Waals surface area contributed by atoms with Gasteiger partial charge in [-0.3, -0.25) is 4.90 Å². The third kappa shape index (κ3) is 4.12. The van der Waals surface area contributed by atoms with E-state index in [0.29, 0.717) is 5.11 Å². The first-order chi connectivity index (χ1) is 11.2. The summed E-state index contributed by atoms with van der Waals surface area (Å²) in [6.45, 7) is 5.04. The lowest BCUT2D eigenvalue weighted by molar-refractivity contribution is 0.216. The summed E-state index contributed by atoms with van der Waals surface area (Å²) in [5, 5.41) is 7.26. The standard InChI is InChI=1S/C18H23N3OS/c1-14-7-2-3-8-15(14)20-18(23)19-13-16(17-9-6-12-22-17)21-10-4-5-11-21/h2-3,6-9,12,16H,4-5,10-11,13H2,1H3,(H2,19,20,23)/t16-/m1/s1. The van der Waals surface area contributed by atoms with E-state index in [1.54, 1.807) is 6.26 Å². The number of para-hydroxylation sites is 1. The fourth-order valence-corrected chi connectivity index (χ4v) is 3.21. The van der Waals surface area contributed by atoms with Crippen LogP contribution in [0.5, 0.6) is 0 Å². The van der Waals surface area contributed by atoms with Crippen LogP contribution in [-0.2, 0) is 0 Å². The zero-order valence-corrected chi connectivity index (χ0v) is 14.2. The Balaban J connectivity index is 1.60. The van der Waals surface area contributed by atoms with Crippen LogP contribution in [0.4, 0.5) is 5.69 Å². The number of nitrogens with one attached hydrogen (secondary N) is 2. The van der Waals surface area contributed by atoms with Crippen LogP contribution >= 0.6 is 12.2 Å². The van der Waals surface area contributed by atoms with Gasteiger partial charge in [-0.2, -0.15) is 0 Å². The number of rotatable bonds is 5. The molecule has 0 radical (unpaired) electrons. The van der Waals surface area contributed by atoms with Crippen LogP contribution in [0.3, 0.4) is 0 Å². The van der Waals surface area contributed by atoms with Crippen molar-refractivity contribution in [2.24, 2.45) is 0 Å². The van der Waals surface area contributed by atoms with Gasteiger partial charge in [0.1, 0.15) is 5.76 Å². The summed E-state index contributed by atoms with van der Waals surface area (Å²) in [5.41, 5.74) is 2.22. The molecular weight excluding hydrogens is 306 g/mol. The van der Waals surface area contributed by atoms with Gasteiger partial charge < -0.3 is 15.1 Å². The van der Waals surface area contributed by atoms with Crippen molar-refractivity contribution in [3.05, 3.63) is 54.0 Å². The Hall–Kier alpha value is -1.85. The van der Waals surface area contributed by atoms with Crippen molar-refractivity contribution in [2.45, 2.75) is 25.8 Å². The Morgan fingerprint density at radius 1 is 1.22 bits per heavy atom. The molecule has 3 rings (SSSR count). The number of benzene rings is 1. The molecule has 122 valence electrons. The van der Waals surface area contributed by atoms with Gasteiger partial charge in [-0.25, -0.2) is 0 Å². The normalized spacial score (nSPS) is 16.2. The first-order valence-electron chi connectivity index (χ1n) is 8.12. The Kier molecular flexibility index (Phi) is 5.31. The van der Waals surface area contributed by atoms with Gasteiger partial charge >= 0.3 is 0 Å². The molecule has 0 aliphatic carbocycles. The maximum Gasteiger partial charge on any atom is 0.170 e. The van der Waals surface area contributed by atoms with Gasteiger partial charge in [0.15, 0.2) is 5.11 Å². The summed E-state index contributed by atoms with van der Waals surface area (Å²) in [6.07, 6.45) is 4.24. The van der Waals surface area contributed by atoms with Gasteiger partial charge in [0.05, 0.1) is 12.3 Å². The molecule has 4 nitrogen and oxygen atoms in total. The molecule has 0 bridgehead atoms. The minimum absolute atomic E-state index is 0.226. The Morgan fingerprint density at radius 2 is 2.00 bits per heavy atom. The number of anilines is 1. The molecule has 1 atom stereocenters. The Bertz CT molecular complexity index is 635. The minimum atomic E-state index is 0.226. The van der Waals surface area contributed by atoms with Crippen LogP contribution < -0.4 is 10.6 Å². The fourth-order valence-electron chi connectivity index (χ4n) is 3.01. The van der Waals surface area contributed by atoms with Gasteiger partial charge in [0.2, 0.25) is 0 Å². The highest BCUT2D eigenvalue weighted by atomic mass is 32.1. The number of nitrogens with zero attached hydrogens (tertiary/aromatic N) is 1. The molecule has 2 N–H and O–H groups in total. The van der Waals surface area contributed by atoms with Crippen molar-refractivity contribution in [3.63, 3.8) is 0 Å². The summed E-state index contributed by atoms with van der Waals surface area (Å²) in [5.74, 6) is 0.998. The summed E-state index contributed by atoms with van der Waals surface area (Å²) in [7, 11) is 0. The zero-order valence-electron chi connectivity index (χ0n) is 13.4. The molecule has 1 fully saturated rings.